The molecule has 0 unspecified atom stereocenters. The van der Waals surface area contributed by atoms with E-state index in [1.807, 2.05) is 13.1 Å². The molecule has 0 aromatic carbocycles. The van der Waals surface area contributed by atoms with E-state index in [2.05, 4.69) is 5.10 Å². The Kier molecular flexibility index (Phi) is 3.64. The van der Waals surface area contributed by atoms with Crippen LogP contribution in [0.2, 0.25) is 0 Å². The Bertz CT molecular complexity index is 309. The van der Waals surface area contributed by atoms with Crippen molar-refractivity contribution < 1.29 is 9.90 Å². The summed E-state index contributed by atoms with van der Waals surface area (Å²) in [6.45, 7) is 2.33. The largest absolute Gasteiger partial charge is 0.395 e. The molecule has 1 amide bonds. The summed E-state index contributed by atoms with van der Waals surface area (Å²) in [6, 6.07) is 1.85. The molecule has 1 N–H and O–H groups in total. The van der Waals surface area contributed by atoms with Crippen molar-refractivity contribution in [3.63, 3.8) is 0 Å². The highest BCUT2D eigenvalue weighted by molar-refractivity contribution is 5.73. The second-order valence-corrected chi connectivity index (χ2v) is 3.11. The summed E-state index contributed by atoms with van der Waals surface area (Å²) in [5.74, 6) is -0.0414. The van der Waals surface area contributed by atoms with Crippen molar-refractivity contribution in [2.75, 3.05) is 13.2 Å². The van der Waals surface area contributed by atoms with Gasteiger partial charge in [-0.25, -0.2) is 0 Å². The number of rotatable bonds is 4. The minimum Gasteiger partial charge on any atom is -0.395 e. The molecule has 1 aromatic rings. The third-order valence-electron chi connectivity index (χ3n) is 2.09. The lowest BCUT2D eigenvalue weighted by molar-refractivity contribution is -0.130. The molecule has 0 aliphatic rings. The van der Waals surface area contributed by atoms with Gasteiger partial charge in [0, 0.05) is 26.7 Å². The van der Waals surface area contributed by atoms with Crippen molar-refractivity contribution in [1.29, 1.82) is 0 Å². The van der Waals surface area contributed by atoms with Gasteiger partial charge in [-0.1, -0.05) is 0 Å². The standard InChI is InChI=1S/C9H15N3O2/c1-8(14)12(5-6-13)7-9-3-4-10-11(9)2/h3-4,13H,5-7H2,1-2H3. The van der Waals surface area contributed by atoms with Crippen LogP contribution in [-0.4, -0.2) is 38.8 Å². The normalized spacial score (nSPS) is 10.2. The van der Waals surface area contributed by atoms with Gasteiger partial charge in [-0.15, -0.1) is 0 Å². The van der Waals surface area contributed by atoms with Gasteiger partial charge >= 0.3 is 0 Å². The zero-order chi connectivity index (χ0) is 10.6. The number of aryl methyl sites for hydroxylation is 1. The van der Waals surface area contributed by atoms with Gasteiger partial charge in [-0.05, 0) is 6.07 Å². The highest BCUT2D eigenvalue weighted by atomic mass is 16.3. The van der Waals surface area contributed by atoms with Crippen molar-refractivity contribution >= 4 is 5.91 Å². The van der Waals surface area contributed by atoms with Crippen LogP contribution in [0.3, 0.4) is 0 Å². The number of aliphatic hydroxyl groups excluding tert-OH is 1. The Morgan fingerprint density at radius 1 is 1.71 bits per heavy atom. The topological polar surface area (TPSA) is 58.4 Å². The van der Waals surface area contributed by atoms with Crippen LogP contribution in [-0.2, 0) is 18.4 Å². The van der Waals surface area contributed by atoms with Gasteiger partial charge in [-0.3, -0.25) is 9.48 Å². The molecule has 5 nitrogen and oxygen atoms in total. The molecule has 0 atom stereocenters. The Morgan fingerprint density at radius 3 is 2.86 bits per heavy atom. The Labute approximate surface area is 82.9 Å². The van der Waals surface area contributed by atoms with Crippen LogP contribution < -0.4 is 0 Å². The minimum absolute atomic E-state index is 0.0164. The molecule has 0 aliphatic carbocycles. The van der Waals surface area contributed by atoms with Crippen LogP contribution in [0.25, 0.3) is 0 Å². The number of hydrogen-bond acceptors (Lipinski definition) is 3. The molecule has 78 valence electrons. The lowest BCUT2D eigenvalue weighted by Gasteiger charge is -2.19. The predicted octanol–water partition coefficient (Wildman–Crippen LogP) is -0.239. The predicted molar refractivity (Wildman–Crippen MR) is 51.4 cm³/mol. The van der Waals surface area contributed by atoms with Crippen LogP contribution in [0.1, 0.15) is 12.6 Å². The molecule has 0 saturated heterocycles. The molecule has 0 bridgehead atoms. The molecule has 0 fully saturated rings. The van der Waals surface area contributed by atoms with Gasteiger partial charge < -0.3 is 10.0 Å². The molecule has 1 aromatic heterocycles. The highest BCUT2D eigenvalue weighted by Crippen LogP contribution is 2.02. The molecule has 14 heavy (non-hydrogen) atoms. The maximum atomic E-state index is 11.2. The van der Waals surface area contributed by atoms with Crippen molar-refractivity contribution in [1.82, 2.24) is 14.7 Å². The molecule has 5 heteroatoms. The summed E-state index contributed by atoms with van der Waals surface area (Å²) in [6.07, 6.45) is 1.69. The van der Waals surface area contributed by atoms with Gasteiger partial charge in [0.15, 0.2) is 0 Å². The molecular formula is C9H15N3O2. The average molecular weight is 197 g/mol. The monoisotopic (exact) mass is 197 g/mol. The number of aliphatic hydroxyl groups is 1. The van der Waals surface area contributed by atoms with E-state index in [0.29, 0.717) is 13.1 Å². The lowest BCUT2D eigenvalue weighted by atomic mass is 10.3. The molecule has 0 aliphatic heterocycles. The first kappa shape index (κ1) is 10.7. The number of amides is 1. The molecule has 1 heterocycles. The van der Waals surface area contributed by atoms with E-state index in [9.17, 15) is 4.79 Å². The summed E-state index contributed by atoms with van der Waals surface area (Å²) < 4.78 is 1.72. The van der Waals surface area contributed by atoms with Crippen molar-refractivity contribution in [3.05, 3.63) is 18.0 Å². The second kappa shape index (κ2) is 4.76. The van der Waals surface area contributed by atoms with E-state index in [1.54, 1.807) is 15.8 Å². The van der Waals surface area contributed by atoms with Gasteiger partial charge in [-0.2, -0.15) is 5.10 Å². The van der Waals surface area contributed by atoms with Gasteiger partial charge in [0.1, 0.15) is 0 Å². The van der Waals surface area contributed by atoms with Crippen molar-refractivity contribution in [3.8, 4) is 0 Å². The van der Waals surface area contributed by atoms with Gasteiger partial charge in [0.2, 0.25) is 5.91 Å². The SMILES string of the molecule is CC(=O)N(CCO)Cc1ccnn1C. The van der Waals surface area contributed by atoms with E-state index >= 15 is 0 Å². The van der Waals surface area contributed by atoms with Crippen LogP contribution in [0.15, 0.2) is 12.3 Å². The molecule has 0 saturated carbocycles. The number of hydrogen-bond donors (Lipinski definition) is 1. The zero-order valence-electron chi connectivity index (χ0n) is 8.47. The second-order valence-electron chi connectivity index (χ2n) is 3.11. The van der Waals surface area contributed by atoms with Crippen molar-refractivity contribution in [2.45, 2.75) is 13.5 Å². The first-order chi connectivity index (χ1) is 6.65. The van der Waals surface area contributed by atoms with E-state index < -0.39 is 0 Å². The maximum Gasteiger partial charge on any atom is 0.219 e. The van der Waals surface area contributed by atoms with E-state index in [-0.39, 0.29) is 12.5 Å². The Morgan fingerprint density at radius 2 is 2.43 bits per heavy atom. The fraction of sp³-hybridized carbons (Fsp3) is 0.556. The fourth-order valence-corrected chi connectivity index (χ4v) is 1.22. The molecular weight excluding hydrogens is 182 g/mol. The Hall–Kier alpha value is -1.36. The molecule has 1 rings (SSSR count). The van der Waals surface area contributed by atoms with E-state index in [1.165, 1.54) is 6.92 Å². The number of carbonyl (C=O) groups is 1. The first-order valence-corrected chi connectivity index (χ1v) is 4.48. The first-order valence-electron chi connectivity index (χ1n) is 4.48. The smallest absolute Gasteiger partial charge is 0.219 e. The third-order valence-corrected chi connectivity index (χ3v) is 2.09. The summed E-state index contributed by atoms with van der Waals surface area (Å²) in [4.78, 5) is 12.7. The summed E-state index contributed by atoms with van der Waals surface area (Å²) in [5, 5.41) is 12.8. The lowest BCUT2D eigenvalue weighted by Crippen LogP contribution is -2.31. The van der Waals surface area contributed by atoms with Crippen LogP contribution in [0.5, 0.6) is 0 Å². The fourth-order valence-electron chi connectivity index (χ4n) is 1.22. The van der Waals surface area contributed by atoms with E-state index in [4.69, 9.17) is 5.11 Å². The van der Waals surface area contributed by atoms with Gasteiger partial charge in [0.05, 0.1) is 18.8 Å². The zero-order valence-corrected chi connectivity index (χ0v) is 8.47. The molecule has 0 radical (unpaired) electrons. The summed E-state index contributed by atoms with van der Waals surface area (Å²) in [7, 11) is 1.83. The van der Waals surface area contributed by atoms with Crippen molar-refractivity contribution in [2.24, 2.45) is 7.05 Å². The minimum atomic E-state index is -0.0414. The van der Waals surface area contributed by atoms with Crippen LogP contribution >= 0.6 is 0 Å². The Balaban J connectivity index is 2.64. The molecule has 0 spiro atoms. The number of nitrogens with zero attached hydrogens (tertiary/aromatic N) is 3. The summed E-state index contributed by atoms with van der Waals surface area (Å²) >= 11 is 0. The quantitative estimate of drug-likeness (QED) is 0.724. The highest BCUT2D eigenvalue weighted by Gasteiger charge is 2.10. The summed E-state index contributed by atoms with van der Waals surface area (Å²) in [5.41, 5.74) is 0.952. The van der Waals surface area contributed by atoms with E-state index in [0.717, 1.165) is 5.69 Å². The number of carbonyl (C=O) groups excluding carboxylic acids is 1. The van der Waals surface area contributed by atoms with Gasteiger partial charge in [0.25, 0.3) is 0 Å². The average Bonchev–Trinajstić information content (AvgIpc) is 2.51. The number of aromatic nitrogens is 2. The third kappa shape index (κ3) is 2.56. The van der Waals surface area contributed by atoms with Crippen LogP contribution in [0.4, 0.5) is 0 Å². The maximum absolute atomic E-state index is 11.2. The van der Waals surface area contributed by atoms with Crippen LogP contribution in [0, 0.1) is 0 Å².